The van der Waals surface area contributed by atoms with Crippen LogP contribution in [0.5, 0.6) is 0 Å². The first-order chi connectivity index (χ1) is 15.1. The molecule has 1 saturated carbocycles. The van der Waals surface area contributed by atoms with Gasteiger partial charge < -0.3 is 14.5 Å². The largest absolute Gasteiger partial charge is 0.362 e. The highest BCUT2D eigenvalue weighted by atomic mass is 19.1. The summed E-state index contributed by atoms with van der Waals surface area (Å²) >= 11 is 0. The molecule has 3 aliphatic rings. The van der Waals surface area contributed by atoms with Gasteiger partial charge in [0, 0.05) is 48.8 Å². The van der Waals surface area contributed by atoms with Gasteiger partial charge in [-0.3, -0.25) is 9.78 Å². The molecule has 7 nitrogen and oxygen atoms in total. The Morgan fingerprint density at radius 3 is 2.68 bits per heavy atom. The average Bonchev–Trinajstić information content (AvgIpc) is 3.03. The summed E-state index contributed by atoms with van der Waals surface area (Å²) < 4.78 is 20.3. The van der Waals surface area contributed by atoms with E-state index in [9.17, 15) is 9.18 Å². The van der Waals surface area contributed by atoms with Crippen LogP contribution in [-0.2, 0) is 15.1 Å². The number of likely N-dealkylation sites (tertiary alicyclic amines) is 1. The van der Waals surface area contributed by atoms with Gasteiger partial charge in [-0.05, 0) is 50.3 Å². The van der Waals surface area contributed by atoms with Crippen LogP contribution < -0.4 is 4.90 Å². The Morgan fingerprint density at radius 1 is 1.26 bits per heavy atom. The maximum Gasteiger partial charge on any atom is 0.248 e. The Bertz CT molecular complexity index is 1020. The van der Waals surface area contributed by atoms with E-state index < -0.39 is 5.60 Å². The summed E-state index contributed by atoms with van der Waals surface area (Å²) in [6, 6.07) is 7.92. The summed E-state index contributed by atoms with van der Waals surface area (Å²) in [6.07, 6.45) is 8.82. The van der Waals surface area contributed by atoms with Crippen molar-refractivity contribution in [2.75, 3.05) is 24.6 Å². The van der Waals surface area contributed by atoms with Gasteiger partial charge in [0.15, 0.2) is 0 Å². The van der Waals surface area contributed by atoms with Crippen LogP contribution in [0.25, 0.3) is 0 Å². The van der Waals surface area contributed by atoms with E-state index in [1.54, 1.807) is 18.5 Å². The summed E-state index contributed by atoms with van der Waals surface area (Å²) in [5, 5.41) is 9.15. The van der Waals surface area contributed by atoms with Crippen molar-refractivity contribution in [1.29, 1.82) is 5.26 Å². The van der Waals surface area contributed by atoms with Crippen molar-refractivity contribution in [2.24, 2.45) is 0 Å². The lowest BCUT2D eigenvalue weighted by atomic mass is 9.75. The number of pyridine rings is 2. The lowest BCUT2D eigenvalue weighted by Crippen LogP contribution is -2.56. The third-order valence-electron chi connectivity index (χ3n) is 6.89. The lowest BCUT2D eigenvalue weighted by molar-refractivity contribution is -0.155. The molecule has 2 unspecified atom stereocenters. The first kappa shape index (κ1) is 19.9. The fourth-order valence-corrected chi connectivity index (χ4v) is 5.19. The van der Waals surface area contributed by atoms with Crippen LogP contribution in [0.1, 0.15) is 43.4 Å². The topological polar surface area (TPSA) is 82.4 Å². The molecule has 5 rings (SSSR count). The number of rotatable bonds is 5. The number of carbonyl (C=O) groups excluding carboxylic acids is 1. The van der Waals surface area contributed by atoms with Crippen molar-refractivity contribution in [2.45, 2.75) is 49.8 Å². The number of nitriles is 1. The third kappa shape index (κ3) is 3.53. The number of nitrogens with zero attached hydrogens (tertiary/aromatic N) is 5. The zero-order chi connectivity index (χ0) is 21.4. The number of ether oxygens (including phenoxy) is 1. The van der Waals surface area contributed by atoms with Crippen molar-refractivity contribution in [3.8, 4) is 6.07 Å². The maximum atomic E-state index is 14.3. The molecule has 2 aliphatic heterocycles. The molecule has 2 bridgehead atoms. The van der Waals surface area contributed by atoms with E-state index >= 15 is 0 Å². The summed E-state index contributed by atoms with van der Waals surface area (Å²) in [7, 11) is 0. The van der Waals surface area contributed by atoms with Gasteiger partial charge >= 0.3 is 0 Å². The number of fused-ring (bicyclic) bond motifs is 2. The molecular weight excluding hydrogens is 397 g/mol. The second-order valence-electron chi connectivity index (χ2n) is 8.59. The van der Waals surface area contributed by atoms with E-state index in [2.05, 4.69) is 20.9 Å². The first-order valence-electron chi connectivity index (χ1n) is 10.8. The number of hydrogen-bond acceptors (Lipinski definition) is 6. The van der Waals surface area contributed by atoms with Gasteiger partial charge in [-0.1, -0.05) is 0 Å². The molecule has 2 atom stereocenters. The van der Waals surface area contributed by atoms with E-state index in [1.165, 1.54) is 6.20 Å². The SMILES string of the molecule is N#Cc1cc(N2C3CCC2CN(C(=O)COC2(c4ccncc4F)CCC2)C3)ccn1. The van der Waals surface area contributed by atoms with E-state index in [0.29, 0.717) is 37.2 Å². The number of anilines is 1. The maximum absolute atomic E-state index is 14.3. The number of amides is 1. The highest BCUT2D eigenvalue weighted by molar-refractivity contribution is 5.78. The Balaban J connectivity index is 1.25. The highest BCUT2D eigenvalue weighted by Gasteiger charge is 2.44. The first-order valence-corrected chi connectivity index (χ1v) is 10.8. The molecule has 2 saturated heterocycles. The van der Waals surface area contributed by atoms with Crippen LogP contribution in [0.2, 0.25) is 0 Å². The summed E-state index contributed by atoms with van der Waals surface area (Å²) in [6.45, 7) is 1.20. The molecule has 0 radical (unpaired) electrons. The summed E-state index contributed by atoms with van der Waals surface area (Å²) in [5.74, 6) is -0.430. The summed E-state index contributed by atoms with van der Waals surface area (Å²) in [5.41, 5.74) is 1.17. The minimum absolute atomic E-state index is 0.0466. The third-order valence-corrected chi connectivity index (χ3v) is 6.89. The Labute approximate surface area is 180 Å². The second kappa shape index (κ2) is 7.89. The van der Waals surface area contributed by atoms with Crippen molar-refractivity contribution in [1.82, 2.24) is 14.9 Å². The molecule has 1 aliphatic carbocycles. The molecule has 0 N–H and O–H groups in total. The molecule has 1 amide bonds. The van der Waals surface area contributed by atoms with Crippen LogP contribution in [0.3, 0.4) is 0 Å². The molecule has 3 fully saturated rings. The normalized spacial score (nSPS) is 23.9. The van der Waals surface area contributed by atoms with Gasteiger partial charge in [0.2, 0.25) is 5.91 Å². The van der Waals surface area contributed by atoms with Crippen LogP contribution in [0.15, 0.2) is 36.8 Å². The Hall–Kier alpha value is -3.05. The zero-order valence-corrected chi connectivity index (χ0v) is 17.2. The molecule has 160 valence electrons. The summed E-state index contributed by atoms with van der Waals surface area (Å²) in [4.78, 5) is 25.1. The van der Waals surface area contributed by atoms with E-state index in [4.69, 9.17) is 10.00 Å². The number of aromatic nitrogens is 2. The lowest BCUT2D eigenvalue weighted by Gasteiger charge is -2.44. The van der Waals surface area contributed by atoms with Gasteiger partial charge in [-0.2, -0.15) is 5.26 Å². The standard InChI is InChI=1S/C23H24FN5O2/c24-21-12-26-8-5-20(21)23(6-1-7-23)31-15-22(30)28-13-18-2-3-19(14-28)29(18)17-4-9-27-16(10-17)11-25/h4-5,8-10,12,18-19H,1-3,6-7,13-15H2. The number of carbonyl (C=O) groups is 1. The minimum atomic E-state index is -0.714. The average molecular weight is 421 g/mol. The minimum Gasteiger partial charge on any atom is -0.362 e. The molecule has 4 heterocycles. The smallest absolute Gasteiger partial charge is 0.248 e. The monoisotopic (exact) mass is 421 g/mol. The fraction of sp³-hybridized carbons (Fsp3) is 0.478. The Morgan fingerprint density at radius 2 is 2.03 bits per heavy atom. The number of halogens is 1. The van der Waals surface area contributed by atoms with Crippen LogP contribution in [0, 0.1) is 17.1 Å². The van der Waals surface area contributed by atoms with Gasteiger partial charge in [0.05, 0.1) is 11.8 Å². The van der Waals surface area contributed by atoms with E-state index in [1.807, 2.05) is 17.0 Å². The van der Waals surface area contributed by atoms with Crippen molar-refractivity contribution in [3.63, 3.8) is 0 Å². The quantitative estimate of drug-likeness (QED) is 0.738. The zero-order valence-electron chi connectivity index (χ0n) is 17.2. The highest BCUT2D eigenvalue weighted by Crippen LogP contribution is 2.45. The van der Waals surface area contributed by atoms with Crippen LogP contribution >= 0.6 is 0 Å². The number of hydrogen-bond donors (Lipinski definition) is 0. The molecule has 31 heavy (non-hydrogen) atoms. The molecule has 2 aromatic heterocycles. The molecular formula is C23H24FN5O2. The van der Waals surface area contributed by atoms with Crippen molar-refractivity contribution in [3.05, 3.63) is 53.9 Å². The van der Waals surface area contributed by atoms with Gasteiger partial charge in [-0.25, -0.2) is 9.37 Å². The molecule has 0 spiro atoms. The van der Waals surface area contributed by atoms with Crippen LogP contribution in [0.4, 0.5) is 10.1 Å². The molecule has 2 aromatic rings. The Kier molecular flexibility index (Phi) is 5.06. The van der Waals surface area contributed by atoms with E-state index in [-0.39, 0.29) is 30.4 Å². The van der Waals surface area contributed by atoms with Crippen molar-refractivity contribution < 1.29 is 13.9 Å². The van der Waals surface area contributed by atoms with Gasteiger partial charge in [-0.15, -0.1) is 0 Å². The van der Waals surface area contributed by atoms with E-state index in [0.717, 1.165) is 24.9 Å². The van der Waals surface area contributed by atoms with Crippen molar-refractivity contribution >= 4 is 11.6 Å². The predicted octanol–water partition coefficient (Wildman–Crippen LogP) is 2.76. The van der Waals surface area contributed by atoms with Gasteiger partial charge in [0.25, 0.3) is 0 Å². The second-order valence-corrected chi connectivity index (χ2v) is 8.59. The predicted molar refractivity (Wildman–Crippen MR) is 110 cm³/mol. The molecule has 8 heteroatoms. The van der Waals surface area contributed by atoms with Crippen LogP contribution in [-0.4, -0.2) is 52.6 Å². The molecule has 0 aromatic carbocycles. The fourth-order valence-electron chi connectivity index (χ4n) is 5.19. The number of piperazine rings is 1. The van der Waals surface area contributed by atoms with Gasteiger partial charge in [0.1, 0.15) is 24.2 Å².